The van der Waals surface area contributed by atoms with Crippen molar-refractivity contribution in [1.29, 1.82) is 0 Å². The number of hydrogen-bond donors (Lipinski definition) is 1. The number of aryl methyl sites for hydroxylation is 1. The highest BCUT2D eigenvalue weighted by Crippen LogP contribution is 2.41. The Morgan fingerprint density at radius 2 is 2.16 bits per heavy atom. The van der Waals surface area contributed by atoms with E-state index in [-0.39, 0.29) is 11.7 Å². The molecular weight excluding hydrogens is 263 g/mol. The molecule has 1 heterocycles. The lowest BCUT2D eigenvalue weighted by Crippen LogP contribution is -2.20. The van der Waals surface area contributed by atoms with Crippen LogP contribution in [0.2, 0.25) is 5.02 Å². The predicted octanol–water partition coefficient (Wildman–Crippen LogP) is 3.60. The van der Waals surface area contributed by atoms with Crippen molar-refractivity contribution in [3.8, 4) is 0 Å². The second-order valence-corrected chi connectivity index (χ2v) is 5.26. The van der Waals surface area contributed by atoms with Crippen LogP contribution in [0.3, 0.4) is 0 Å². The number of nitrogens with zero attached hydrogens (tertiary/aromatic N) is 1. The average molecular weight is 277 g/mol. The van der Waals surface area contributed by atoms with E-state index in [1.807, 2.05) is 6.07 Å². The summed E-state index contributed by atoms with van der Waals surface area (Å²) in [5, 5.41) is 0.386. The molecule has 3 rings (SSSR count). The van der Waals surface area contributed by atoms with Gasteiger partial charge in [-0.1, -0.05) is 23.7 Å². The summed E-state index contributed by atoms with van der Waals surface area (Å²) in [6.45, 7) is 0. The number of fused-ring (bicyclic) bond motifs is 1. The fourth-order valence-electron chi connectivity index (χ4n) is 2.82. The number of aromatic nitrogens is 1. The second kappa shape index (κ2) is 4.91. The lowest BCUT2D eigenvalue weighted by Gasteiger charge is -2.21. The maximum absolute atomic E-state index is 13.9. The van der Waals surface area contributed by atoms with E-state index in [2.05, 4.69) is 11.1 Å². The van der Waals surface area contributed by atoms with Crippen LogP contribution in [0.4, 0.5) is 4.39 Å². The fraction of sp³-hybridized carbons (Fsp3) is 0.267. The van der Waals surface area contributed by atoms with Gasteiger partial charge in [-0.3, -0.25) is 4.98 Å². The molecule has 19 heavy (non-hydrogen) atoms. The molecule has 2 unspecified atom stereocenters. The summed E-state index contributed by atoms with van der Waals surface area (Å²) in [7, 11) is 0. The highest BCUT2D eigenvalue weighted by molar-refractivity contribution is 6.31. The first-order chi connectivity index (χ1) is 9.18. The van der Waals surface area contributed by atoms with Gasteiger partial charge >= 0.3 is 0 Å². The second-order valence-electron chi connectivity index (χ2n) is 4.85. The molecule has 1 aliphatic rings. The van der Waals surface area contributed by atoms with Gasteiger partial charge in [-0.05, 0) is 36.6 Å². The molecule has 2 atom stereocenters. The number of rotatable bonds is 2. The van der Waals surface area contributed by atoms with Crippen molar-refractivity contribution < 1.29 is 4.39 Å². The first-order valence-corrected chi connectivity index (χ1v) is 6.69. The van der Waals surface area contributed by atoms with Crippen LogP contribution >= 0.6 is 11.6 Å². The lowest BCUT2D eigenvalue weighted by atomic mass is 9.91. The minimum absolute atomic E-state index is 0.0330. The van der Waals surface area contributed by atoms with Crippen molar-refractivity contribution in [1.82, 2.24) is 4.98 Å². The monoisotopic (exact) mass is 276 g/mol. The first kappa shape index (κ1) is 12.6. The number of halogens is 2. The Hall–Kier alpha value is -1.45. The summed E-state index contributed by atoms with van der Waals surface area (Å²) in [5.74, 6) is -0.310. The van der Waals surface area contributed by atoms with E-state index in [1.54, 1.807) is 18.3 Å². The van der Waals surface area contributed by atoms with Crippen LogP contribution in [0, 0.1) is 5.82 Å². The van der Waals surface area contributed by atoms with Crippen LogP contribution in [-0.2, 0) is 6.42 Å². The van der Waals surface area contributed by atoms with Crippen LogP contribution in [0.5, 0.6) is 0 Å². The largest absolute Gasteiger partial charge is 0.323 e. The molecule has 1 aromatic heterocycles. The van der Waals surface area contributed by atoms with E-state index in [4.69, 9.17) is 17.3 Å². The number of hydrogen-bond acceptors (Lipinski definition) is 2. The SMILES string of the molecule is NC(c1c(F)cccc1Cl)C1CCc2cccnc21. The topological polar surface area (TPSA) is 38.9 Å². The minimum Gasteiger partial charge on any atom is -0.323 e. The zero-order valence-electron chi connectivity index (χ0n) is 10.3. The summed E-state index contributed by atoms with van der Waals surface area (Å²) in [5.41, 5.74) is 8.83. The molecule has 1 aliphatic carbocycles. The maximum atomic E-state index is 13.9. The van der Waals surface area contributed by atoms with Gasteiger partial charge in [0.2, 0.25) is 0 Å². The summed E-state index contributed by atoms with van der Waals surface area (Å²) in [6, 6.07) is 8.18. The molecular formula is C15H14ClFN2. The van der Waals surface area contributed by atoms with Gasteiger partial charge in [-0.2, -0.15) is 0 Å². The summed E-state index contributed by atoms with van der Waals surface area (Å²) in [4.78, 5) is 4.40. The van der Waals surface area contributed by atoms with Crippen molar-refractivity contribution in [3.63, 3.8) is 0 Å². The molecule has 0 bridgehead atoms. The molecule has 0 amide bonds. The van der Waals surface area contributed by atoms with Crippen LogP contribution < -0.4 is 5.73 Å². The predicted molar refractivity (Wildman–Crippen MR) is 73.6 cm³/mol. The maximum Gasteiger partial charge on any atom is 0.129 e. The quantitative estimate of drug-likeness (QED) is 0.910. The van der Waals surface area contributed by atoms with Gasteiger partial charge < -0.3 is 5.73 Å². The van der Waals surface area contributed by atoms with Crippen LogP contribution in [0.1, 0.15) is 35.2 Å². The number of benzene rings is 1. The molecule has 0 spiro atoms. The third-order valence-corrected chi connectivity index (χ3v) is 4.10. The van der Waals surface area contributed by atoms with Gasteiger partial charge in [-0.15, -0.1) is 0 Å². The molecule has 1 aromatic carbocycles. The number of nitrogens with two attached hydrogens (primary N) is 1. The third-order valence-electron chi connectivity index (χ3n) is 3.77. The summed E-state index contributed by atoms with van der Waals surface area (Å²) in [6.07, 6.45) is 3.58. The summed E-state index contributed by atoms with van der Waals surface area (Å²) >= 11 is 6.09. The van der Waals surface area contributed by atoms with Crippen molar-refractivity contribution in [2.24, 2.45) is 5.73 Å². The van der Waals surface area contributed by atoms with Crippen LogP contribution in [0.25, 0.3) is 0 Å². The normalized spacial score (nSPS) is 19.2. The molecule has 0 radical (unpaired) electrons. The third kappa shape index (κ3) is 2.13. The molecule has 2 nitrogen and oxygen atoms in total. The van der Waals surface area contributed by atoms with Crippen molar-refractivity contribution >= 4 is 11.6 Å². The molecule has 98 valence electrons. The standard InChI is InChI=1S/C15H14ClFN2/c16-11-4-1-5-12(17)13(11)14(18)10-7-6-9-3-2-8-19-15(9)10/h1-5,8,10,14H,6-7,18H2. The minimum atomic E-state index is -0.454. The van der Waals surface area contributed by atoms with E-state index in [0.29, 0.717) is 10.6 Å². The molecule has 2 aromatic rings. The van der Waals surface area contributed by atoms with Crippen molar-refractivity contribution in [2.75, 3.05) is 0 Å². The molecule has 0 saturated carbocycles. The Kier molecular flexibility index (Phi) is 3.25. The Labute approximate surface area is 116 Å². The first-order valence-electron chi connectivity index (χ1n) is 6.31. The van der Waals surface area contributed by atoms with E-state index in [1.165, 1.54) is 11.6 Å². The van der Waals surface area contributed by atoms with Gasteiger partial charge in [0.15, 0.2) is 0 Å². The van der Waals surface area contributed by atoms with Crippen molar-refractivity contribution in [3.05, 3.63) is 64.2 Å². The van der Waals surface area contributed by atoms with E-state index in [0.717, 1.165) is 18.5 Å². The van der Waals surface area contributed by atoms with Gasteiger partial charge in [0.1, 0.15) is 5.82 Å². The lowest BCUT2D eigenvalue weighted by molar-refractivity contribution is 0.507. The fourth-order valence-corrected chi connectivity index (χ4v) is 3.11. The highest BCUT2D eigenvalue weighted by Gasteiger charge is 2.32. The Bertz CT molecular complexity index is 595. The zero-order valence-corrected chi connectivity index (χ0v) is 11.1. The van der Waals surface area contributed by atoms with Crippen molar-refractivity contribution in [2.45, 2.75) is 24.8 Å². The van der Waals surface area contributed by atoms with Gasteiger partial charge in [0.25, 0.3) is 0 Å². The van der Waals surface area contributed by atoms with E-state index >= 15 is 0 Å². The highest BCUT2D eigenvalue weighted by atomic mass is 35.5. The van der Waals surface area contributed by atoms with Crippen LogP contribution in [0.15, 0.2) is 36.5 Å². The Morgan fingerprint density at radius 3 is 2.95 bits per heavy atom. The summed E-state index contributed by atoms with van der Waals surface area (Å²) < 4.78 is 13.9. The van der Waals surface area contributed by atoms with Gasteiger partial charge in [0.05, 0.1) is 0 Å². The van der Waals surface area contributed by atoms with E-state index < -0.39 is 6.04 Å². The smallest absolute Gasteiger partial charge is 0.129 e. The van der Waals surface area contributed by atoms with E-state index in [9.17, 15) is 4.39 Å². The Balaban J connectivity index is 2.00. The molecule has 0 saturated heterocycles. The van der Waals surface area contributed by atoms with Gasteiger partial charge in [-0.25, -0.2) is 4.39 Å². The Morgan fingerprint density at radius 1 is 1.32 bits per heavy atom. The molecule has 2 N–H and O–H groups in total. The van der Waals surface area contributed by atoms with Crippen LogP contribution in [-0.4, -0.2) is 4.98 Å². The molecule has 0 fully saturated rings. The molecule has 0 aliphatic heterocycles. The number of pyridine rings is 1. The average Bonchev–Trinajstić information content (AvgIpc) is 2.82. The molecule has 4 heteroatoms. The zero-order chi connectivity index (χ0) is 13.4. The van der Waals surface area contributed by atoms with Gasteiger partial charge in [0, 0.05) is 34.4 Å².